The summed E-state index contributed by atoms with van der Waals surface area (Å²) in [5.41, 5.74) is 2.59. The third kappa shape index (κ3) is 9.70. The largest absolute Gasteiger partial charge is 0.355 e. The molecule has 2 rings (SSSR count). The normalized spacial score (nSPS) is 14.6. The standard InChI is InChI=1S/C21H33N3O2S/c1-17-9-11-18(12-10-17)16-27-15-14-22-20(25)8-5-13-23-21(26)24-19-6-3-2-4-7-19/h9-12,19H,2-8,13-16H2,1H3,(H,22,25)(H2,23,24,26). The van der Waals surface area contributed by atoms with Gasteiger partial charge in [0.1, 0.15) is 0 Å². The zero-order valence-corrected chi connectivity index (χ0v) is 17.2. The number of carbonyl (C=O) groups excluding carboxylic acids is 2. The zero-order chi connectivity index (χ0) is 19.3. The van der Waals surface area contributed by atoms with E-state index in [9.17, 15) is 9.59 Å². The first-order chi connectivity index (χ1) is 13.1. The van der Waals surface area contributed by atoms with Crippen molar-refractivity contribution in [1.29, 1.82) is 0 Å². The molecular formula is C21H33N3O2S. The zero-order valence-electron chi connectivity index (χ0n) is 16.4. The smallest absolute Gasteiger partial charge is 0.315 e. The Labute approximate surface area is 167 Å². The maximum atomic E-state index is 11.8. The number of urea groups is 1. The van der Waals surface area contributed by atoms with Gasteiger partial charge < -0.3 is 16.0 Å². The molecule has 1 aliphatic rings. The molecule has 0 saturated heterocycles. The van der Waals surface area contributed by atoms with Crippen LogP contribution in [0.2, 0.25) is 0 Å². The molecule has 150 valence electrons. The molecule has 1 saturated carbocycles. The van der Waals surface area contributed by atoms with E-state index in [1.165, 1.54) is 30.4 Å². The fourth-order valence-corrected chi connectivity index (χ4v) is 3.98. The summed E-state index contributed by atoms with van der Waals surface area (Å²) in [7, 11) is 0. The van der Waals surface area contributed by atoms with Crippen LogP contribution < -0.4 is 16.0 Å². The fourth-order valence-electron chi connectivity index (χ4n) is 3.16. The van der Waals surface area contributed by atoms with Gasteiger partial charge in [-0.05, 0) is 31.7 Å². The monoisotopic (exact) mass is 391 g/mol. The van der Waals surface area contributed by atoms with Gasteiger partial charge in [-0.2, -0.15) is 11.8 Å². The first kappa shape index (κ1) is 21.6. The van der Waals surface area contributed by atoms with Crippen LogP contribution in [0.25, 0.3) is 0 Å². The Morgan fingerprint density at radius 2 is 1.78 bits per heavy atom. The lowest BCUT2D eigenvalue weighted by molar-refractivity contribution is -0.121. The maximum absolute atomic E-state index is 11.8. The molecule has 6 heteroatoms. The molecule has 0 unspecified atom stereocenters. The van der Waals surface area contributed by atoms with Crippen LogP contribution in [0, 0.1) is 6.92 Å². The second-order valence-corrected chi connectivity index (χ2v) is 8.33. The summed E-state index contributed by atoms with van der Waals surface area (Å²) in [6.07, 6.45) is 6.96. The van der Waals surface area contributed by atoms with E-state index in [1.807, 2.05) is 11.8 Å². The summed E-state index contributed by atoms with van der Waals surface area (Å²) < 4.78 is 0. The minimum atomic E-state index is -0.102. The first-order valence-electron chi connectivity index (χ1n) is 10.1. The van der Waals surface area contributed by atoms with Crippen molar-refractivity contribution in [2.75, 3.05) is 18.8 Å². The molecule has 1 aromatic rings. The molecule has 27 heavy (non-hydrogen) atoms. The van der Waals surface area contributed by atoms with Crippen LogP contribution in [-0.2, 0) is 10.5 Å². The summed E-state index contributed by atoms with van der Waals surface area (Å²) in [5, 5.41) is 8.81. The van der Waals surface area contributed by atoms with Crippen LogP contribution in [0.15, 0.2) is 24.3 Å². The van der Waals surface area contributed by atoms with E-state index in [0.717, 1.165) is 24.3 Å². The molecule has 0 radical (unpaired) electrons. The summed E-state index contributed by atoms with van der Waals surface area (Å²) in [6.45, 7) is 3.31. The third-order valence-corrected chi connectivity index (χ3v) is 5.79. The van der Waals surface area contributed by atoms with Crippen molar-refractivity contribution in [1.82, 2.24) is 16.0 Å². The van der Waals surface area contributed by atoms with Crippen LogP contribution in [0.1, 0.15) is 56.1 Å². The average molecular weight is 392 g/mol. The lowest BCUT2D eigenvalue weighted by atomic mass is 9.96. The van der Waals surface area contributed by atoms with Crippen molar-refractivity contribution < 1.29 is 9.59 Å². The van der Waals surface area contributed by atoms with Gasteiger partial charge in [0.15, 0.2) is 0 Å². The van der Waals surface area contributed by atoms with Gasteiger partial charge in [0.25, 0.3) is 0 Å². The molecule has 1 fully saturated rings. The molecule has 0 heterocycles. The topological polar surface area (TPSA) is 70.2 Å². The third-order valence-electron chi connectivity index (χ3n) is 4.76. The van der Waals surface area contributed by atoms with E-state index in [4.69, 9.17) is 0 Å². The predicted octanol–water partition coefficient (Wildman–Crippen LogP) is 3.76. The Bertz CT molecular complexity index is 571. The summed E-state index contributed by atoms with van der Waals surface area (Å²) in [5.74, 6) is 1.93. The van der Waals surface area contributed by atoms with Gasteiger partial charge in [-0.25, -0.2) is 4.79 Å². The highest BCUT2D eigenvalue weighted by atomic mass is 32.2. The first-order valence-corrected chi connectivity index (χ1v) is 11.2. The Morgan fingerprint density at radius 3 is 2.52 bits per heavy atom. The van der Waals surface area contributed by atoms with E-state index in [2.05, 4.69) is 47.1 Å². The highest BCUT2D eigenvalue weighted by Gasteiger charge is 2.15. The van der Waals surface area contributed by atoms with E-state index < -0.39 is 0 Å². The highest BCUT2D eigenvalue weighted by molar-refractivity contribution is 7.98. The van der Waals surface area contributed by atoms with Crippen molar-refractivity contribution >= 4 is 23.7 Å². The average Bonchev–Trinajstić information content (AvgIpc) is 2.67. The Morgan fingerprint density at radius 1 is 1.04 bits per heavy atom. The van der Waals surface area contributed by atoms with Crippen LogP contribution in [0.3, 0.4) is 0 Å². The quantitative estimate of drug-likeness (QED) is 0.532. The summed E-state index contributed by atoms with van der Waals surface area (Å²) >= 11 is 1.82. The van der Waals surface area contributed by atoms with E-state index in [0.29, 0.717) is 32.0 Å². The number of nitrogens with one attached hydrogen (secondary N) is 3. The number of thioether (sulfide) groups is 1. The minimum Gasteiger partial charge on any atom is -0.355 e. The van der Waals surface area contributed by atoms with Gasteiger partial charge in [0, 0.05) is 37.1 Å². The number of benzene rings is 1. The Balaban J connectivity index is 1.42. The van der Waals surface area contributed by atoms with E-state index in [1.54, 1.807) is 0 Å². The van der Waals surface area contributed by atoms with Crippen LogP contribution in [0.5, 0.6) is 0 Å². The number of aryl methyl sites for hydroxylation is 1. The molecule has 3 N–H and O–H groups in total. The van der Waals surface area contributed by atoms with Crippen molar-refractivity contribution in [3.8, 4) is 0 Å². The van der Waals surface area contributed by atoms with Gasteiger partial charge >= 0.3 is 6.03 Å². The molecule has 0 aromatic heterocycles. The van der Waals surface area contributed by atoms with Crippen molar-refractivity contribution in [3.05, 3.63) is 35.4 Å². The van der Waals surface area contributed by atoms with Gasteiger partial charge in [0.2, 0.25) is 5.91 Å². The van der Waals surface area contributed by atoms with Gasteiger partial charge in [-0.3, -0.25) is 4.79 Å². The maximum Gasteiger partial charge on any atom is 0.315 e. The molecular weight excluding hydrogens is 358 g/mol. The molecule has 3 amide bonds. The number of amides is 3. The number of carbonyl (C=O) groups is 2. The second-order valence-electron chi connectivity index (χ2n) is 7.23. The highest BCUT2D eigenvalue weighted by Crippen LogP contribution is 2.17. The van der Waals surface area contributed by atoms with Crippen LogP contribution in [0.4, 0.5) is 4.79 Å². The number of hydrogen-bond acceptors (Lipinski definition) is 3. The molecule has 0 aliphatic heterocycles. The van der Waals surface area contributed by atoms with Crippen molar-refractivity contribution in [3.63, 3.8) is 0 Å². The van der Waals surface area contributed by atoms with Crippen molar-refractivity contribution in [2.24, 2.45) is 0 Å². The van der Waals surface area contributed by atoms with Gasteiger partial charge in [-0.1, -0.05) is 49.1 Å². The molecule has 1 aromatic carbocycles. The molecule has 5 nitrogen and oxygen atoms in total. The van der Waals surface area contributed by atoms with Crippen molar-refractivity contribution in [2.45, 2.75) is 63.7 Å². The lowest BCUT2D eigenvalue weighted by Crippen LogP contribution is -2.43. The summed E-state index contributed by atoms with van der Waals surface area (Å²) in [4.78, 5) is 23.6. The molecule has 0 atom stereocenters. The van der Waals surface area contributed by atoms with Crippen LogP contribution >= 0.6 is 11.8 Å². The van der Waals surface area contributed by atoms with E-state index in [-0.39, 0.29) is 11.9 Å². The van der Waals surface area contributed by atoms with Gasteiger partial charge in [0.05, 0.1) is 0 Å². The number of hydrogen-bond donors (Lipinski definition) is 3. The molecule has 0 spiro atoms. The van der Waals surface area contributed by atoms with Crippen LogP contribution in [-0.4, -0.2) is 36.8 Å². The SMILES string of the molecule is Cc1ccc(CSCCNC(=O)CCCNC(=O)NC2CCCCC2)cc1. The Kier molecular flexibility index (Phi) is 10.1. The molecule has 0 bridgehead atoms. The Hall–Kier alpha value is -1.69. The van der Waals surface area contributed by atoms with Gasteiger partial charge in [-0.15, -0.1) is 0 Å². The molecule has 1 aliphatic carbocycles. The lowest BCUT2D eigenvalue weighted by Gasteiger charge is -2.22. The fraction of sp³-hybridized carbons (Fsp3) is 0.619. The predicted molar refractivity (Wildman–Crippen MR) is 113 cm³/mol. The summed E-state index contributed by atoms with van der Waals surface area (Å²) in [6, 6.07) is 8.77. The second kappa shape index (κ2) is 12.7. The minimum absolute atomic E-state index is 0.0559. The number of rotatable bonds is 10. The van der Waals surface area contributed by atoms with E-state index >= 15 is 0 Å².